The molecule has 0 radical (unpaired) electrons. The van der Waals surface area contributed by atoms with E-state index in [4.69, 9.17) is 19.9 Å². The molecule has 1 heterocycles. The maximum Gasteiger partial charge on any atom is 0.132 e. The third kappa shape index (κ3) is 5.14. The third-order valence-electron chi connectivity index (χ3n) is 3.06. The average Bonchev–Trinajstić information content (AvgIpc) is 2.51. The molecule has 2 rings (SSSR count). The minimum absolute atomic E-state index is 0.0495. The summed E-state index contributed by atoms with van der Waals surface area (Å²) >= 11 is 0. The van der Waals surface area contributed by atoms with E-state index in [2.05, 4.69) is 4.98 Å². The van der Waals surface area contributed by atoms with Gasteiger partial charge in [-0.15, -0.1) is 0 Å². The Kier molecular flexibility index (Phi) is 6.23. The van der Waals surface area contributed by atoms with Gasteiger partial charge in [-0.25, -0.2) is 4.98 Å². The molecule has 124 valence electrons. The van der Waals surface area contributed by atoms with Gasteiger partial charge >= 0.3 is 0 Å². The lowest BCUT2D eigenvalue weighted by atomic mass is 10.1. The molecule has 0 spiro atoms. The van der Waals surface area contributed by atoms with E-state index in [0.717, 1.165) is 22.8 Å². The standard InChI is InChI=1S/C18H24N2O3/c1-4-21-10-11-22-14-8-9-15(17(12-14)23-13(2)3)16-6-5-7-18(19)20-16/h5-9,12-13H,4,10-11H2,1-3H3,(H2,19,20). The molecule has 5 heteroatoms. The number of hydrogen-bond acceptors (Lipinski definition) is 5. The van der Waals surface area contributed by atoms with Crippen molar-refractivity contribution in [2.45, 2.75) is 26.9 Å². The van der Waals surface area contributed by atoms with Crippen molar-refractivity contribution >= 4 is 5.82 Å². The third-order valence-corrected chi connectivity index (χ3v) is 3.06. The highest BCUT2D eigenvalue weighted by Gasteiger charge is 2.11. The molecule has 0 bridgehead atoms. The monoisotopic (exact) mass is 316 g/mol. The fourth-order valence-electron chi connectivity index (χ4n) is 2.12. The molecule has 23 heavy (non-hydrogen) atoms. The normalized spacial score (nSPS) is 10.8. The number of rotatable bonds is 8. The fraction of sp³-hybridized carbons (Fsp3) is 0.389. The van der Waals surface area contributed by atoms with Gasteiger partial charge in [0.1, 0.15) is 23.9 Å². The van der Waals surface area contributed by atoms with Crippen LogP contribution in [0.15, 0.2) is 36.4 Å². The first-order chi connectivity index (χ1) is 11.1. The number of benzene rings is 1. The second kappa shape index (κ2) is 8.39. The molecule has 5 nitrogen and oxygen atoms in total. The minimum atomic E-state index is 0.0495. The summed E-state index contributed by atoms with van der Waals surface area (Å²) < 4.78 is 16.9. The number of nitrogen functional groups attached to an aromatic ring is 1. The molecule has 0 aliphatic rings. The first kappa shape index (κ1) is 17.1. The van der Waals surface area contributed by atoms with Crippen molar-refractivity contribution in [3.8, 4) is 22.8 Å². The van der Waals surface area contributed by atoms with Gasteiger partial charge in [0.25, 0.3) is 0 Å². The van der Waals surface area contributed by atoms with Crippen molar-refractivity contribution in [1.82, 2.24) is 4.98 Å². The van der Waals surface area contributed by atoms with Gasteiger partial charge in [0.2, 0.25) is 0 Å². The highest BCUT2D eigenvalue weighted by Crippen LogP contribution is 2.33. The zero-order chi connectivity index (χ0) is 16.7. The van der Waals surface area contributed by atoms with E-state index < -0.39 is 0 Å². The Morgan fingerprint density at radius 2 is 1.96 bits per heavy atom. The molecule has 1 aromatic carbocycles. The van der Waals surface area contributed by atoms with Crippen molar-refractivity contribution in [2.75, 3.05) is 25.6 Å². The SMILES string of the molecule is CCOCCOc1ccc(-c2cccc(N)n2)c(OC(C)C)c1. The molecular formula is C18H24N2O3. The van der Waals surface area contributed by atoms with Gasteiger partial charge in [0.15, 0.2) is 0 Å². The summed E-state index contributed by atoms with van der Waals surface area (Å²) in [5.74, 6) is 1.95. The molecule has 0 saturated heterocycles. The molecule has 0 unspecified atom stereocenters. The van der Waals surface area contributed by atoms with Crippen LogP contribution in [0.1, 0.15) is 20.8 Å². The van der Waals surface area contributed by atoms with Gasteiger partial charge in [0, 0.05) is 18.2 Å². The Bertz CT molecular complexity index is 629. The van der Waals surface area contributed by atoms with Crippen molar-refractivity contribution in [2.24, 2.45) is 0 Å². The van der Waals surface area contributed by atoms with Crippen LogP contribution in [0.5, 0.6) is 11.5 Å². The van der Waals surface area contributed by atoms with Crippen LogP contribution in [0.4, 0.5) is 5.82 Å². The second-order valence-corrected chi connectivity index (χ2v) is 5.32. The summed E-state index contributed by atoms with van der Waals surface area (Å²) in [4.78, 5) is 4.36. The highest BCUT2D eigenvalue weighted by atomic mass is 16.5. The Labute approximate surface area is 137 Å². The Balaban J connectivity index is 2.24. The number of hydrogen-bond donors (Lipinski definition) is 1. The van der Waals surface area contributed by atoms with Crippen LogP contribution in [0, 0.1) is 0 Å². The predicted molar refractivity (Wildman–Crippen MR) is 91.8 cm³/mol. The van der Waals surface area contributed by atoms with Gasteiger partial charge in [-0.2, -0.15) is 0 Å². The molecule has 0 aliphatic carbocycles. The molecular weight excluding hydrogens is 292 g/mol. The average molecular weight is 316 g/mol. The van der Waals surface area contributed by atoms with Crippen molar-refractivity contribution < 1.29 is 14.2 Å². The number of ether oxygens (including phenoxy) is 3. The molecule has 0 atom stereocenters. The van der Waals surface area contributed by atoms with E-state index >= 15 is 0 Å². The predicted octanol–water partition coefficient (Wildman–Crippen LogP) is 3.53. The van der Waals surface area contributed by atoms with E-state index in [0.29, 0.717) is 25.6 Å². The van der Waals surface area contributed by atoms with Gasteiger partial charge in [-0.1, -0.05) is 6.07 Å². The zero-order valence-electron chi connectivity index (χ0n) is 13.9. The van der Waals surface area contributed by atoms with E-state index in [9.17, 15) is 0 Å². The molecule has 1 aromatic heterocycles. The van der Waals surface area contributed by atoms with E-state index in [1.165, 1.54) is 0 Å². The second-order valence-electron chi connectivity index (χ2n) is 5.32. The van der Waals surface area contributed by atoms with Gasteiger partial charge in [-0.05, 0) is 45.0 Å². The van der Waals surface area contributed by atoms with Gasteiger partial charge < -0.3 is 19.9 Å². The molecule has 0 aliphatic heterocycles. The van der Waals surface area contributed by atoms with Crippen LogP contribution in [0.3, 0.4) is 0 Å². The maximum absolute atomic E-state index is 5.92. The molecule has 0 amide bonds. The topological polar surface area (TPSA) is 66.6 Å². The van der Waals surface area contributed by atoms with Gasteiger partial charge in [0.05, 0.1) is 18.4 Å². The summed E-state index contributed by atoms with van der Waals surface area (Å²) in [6.45, 7) is 7.69. The smallest absolute Gasteiger partial charge is 0.132 e. The van der Waals surface area contributed by atoms with Crippen LogP contribution in [-0.2, 0) is 4.74 Å². The fourth-order valence-corrected chi connectivity index (χ4v) is 2.12. The number of nitrogens with two attached hydrogens (primary N) is 1. The van der Waals surface area contributed by atoms with Crippen LogP contribution in [0.25, 0.3) is 11.3 Å². The quantitative estimate of drug-likeness (QED) is 0.755. The number of anilines is 1. The summed E-state index contributed by atoms with van der Waals surface area (Å²) in [6.07, 6.45) is 0.0495. The summed E-state index contributed by atoms with van der Waals surface area (Å²) in [7, 11) is 0. The van der Waals surface area contributed by atoms with Crippen LogP contribution in [0.2, 0.25) is 0 Å². The largest absolute Gasteiger partial charge is 0.491 e. The number of pyridine rings is 1. The summed E-state index contributed by atoms with van der Waals surface area (Å²) in [6, 6.07) is 11.3. The van der Waals surface area contributed by atoms with Crippen molar-refractivity contribution in [3.63, 3.8) is 0 Å². The van der Waals surface area contributed by atoms with Crippen molar-refractivity contribution in [1.29, 1.82) is 0 Å². The summed E-state index contributed by atoms with van der Waals surface area (Å²) in [5.41, 5.74) is 7.45. The molecule has 0 fully saturated rings. The zero-order valence-corrected chi connectivity index (χ0v) is 13.9. The highest BCUT2D eigenvalue weighted by molar-refractivity contribution is 5.69. The first-order valence-electron chi connectivity index (χ1n) is 7.84. The Morgan fingerprint density at radius 1 is 1.13 bits per heavy atom. The lowest BCUT2D eigenvalue weighted by molar-refractivity contribution is 0.110. The van der Waals surface area contributed by atoms with E-state index in [1.807, 2.05) is 51.1 Å². The maximum atomic E-state index is 5.92. The van der Waals surface area contributed by atoms with E-state index in [-0.39, 0.29) is 6.10 Å². The van der Waals surface area contributed by atoms with E-state index in [1.54, 1.807) is 6.07 Å². The van der Waals surface area contributed by atoms with Crippen molar-refractivity contribution in [3.05, 3.63) is 36.4 Å². The summed E-state index contributed by atoms with van der Waals surface area (Å²) in [5, 5.41) is 0. The van der Waals surface area contributed by atoms with Crippen LogP contribution < -0.4 is 15.2 Å². The number of nitrogens with zero attached hydrogens (tertiary/aromatic N) is 1. The van der Waals surface area contributed by atoms with Gasteiger partial charge in [-0.3, -0.25) is 0 Å². The lowest BCUT2D eigenvalue weighted by Gasteiger charge is -2.16. The Morgan fingerprint density at radius 3 is 2.65 bits per heavy atom. The first-order valence-corrected chi connectivity index (χ1v) is 7.84. The molecule has 0 saturated carbocycles. The van der Waals surface area contributed by atoms with Crippen LogP contribution >= 0.6 is 0 Å². The Hall–Kier alpha value is -2.27. The lowest BCUT2D eigenvalue weighted by Crippen LogP contribution is -2.09. The van der Waals surface area contributed by atoms with Crippen LogP contribution in [-0.4, -0.2) is 30.9 Å². The molecule has 2 aromatic rings. The minimum Gasteiger partial charge on any atom is -0.491 e. The number of aromatic nitrogens is 1. The molecule has 2 N–H and O–H groups in total.